The number of aliphatic hydroxyl groups is 1. The fraction of sp³-hybridized carbons (Fsp3) is 0.455. The standard InChI is InChI=1S/C11H13ClO2/c1-6-5-8(12)7(2)9(10(6)13)11(14)3-4-11/h5,13-14H,3-4H2,1-2H3. The molecule has 0 amide bonds. The quantitative estimate of drug-likeness (QED) is 0.752. The maximum Gasteiger partial charge on any atom is 0.124 e. The molecule has 0 spiro atoms. The molecule has 0 aromatic heterocycles. The van der Waals surface area contributed by atoms with Gasteiger partial charge in [-0.1, -0.05) is 11.6 Å². The molecule has 0 saturated heterocycles. The van der Waals surface area contributed by atoms with Crippen LogP contribution in [0.5, 0.6) is 5.75 Å². The minimum atomic E-state index is -0.830. The van der Waals surface area contributed by atoms with Crippen LogP contribution in [0.3, 0.4) is 0 Å². The maximum atomic E-state index is 9.99. The number of benzene rings is 1. The van der Waals surface area contributed by atoms with Gasteiger partial charge in [0, 0.05) is 10.6 Å². The zero-order chi connectivity index (χ0) is 10.5. The largest absolute Gasteiger partial charge is 0.507 e. The summed E-state index contributed by atoms with van der Waals surface area (Å²) in [6.07, 6.45) is 1.42. The number of hydrogen-bond donors (Lipinski definition) is 2. The Morgan fingerprint density at radius 3 is 2.43 bits per heavy atom. The highest BCUT2D eigenvalue weighted by molar-refractivity contribution is 6.31. The highest BCUT2D eigenvalue weighted by atomic mass is 35.5. The lowest BCUT2D eigenvalue weighted by atomic mass is 9.97. The second kappa shape index (κ2) is 2.88. The van der Waals surface area contributed by atoms with Crippen molar-refractivity contribution in [3.63, 3.8) is 0 Å². The first-order valence-corrected chi connectivity index (χ1v) is 5.05. The van der Waals surface area contributed by atoms with Crippen LogP contribution in [0.4, 0.5) is 0 Å². The van der Waals surface area contributed by atoms with Crippen molar-refractivity contribution in [2.75, 3.05) is 0 Å². The average Bonchev–Trinajstić information content (AvgIpc) is 2.81. The smallest absolute Gasteiger partial charge is 0.124 e. The van der Waals surface area contributed by atoms with Gasteiger partial charge >= 0.3 is 0 Å². The van der Waals surface area contributed by atoms with Gasteiger partial charge in [-0.15, -0.1) is 0 Å². The summed E-state index contributed by atoms with van der Waals surface area (Å²) in [5.41, 5.74) is 1.29. The third-order valence-electron chi connectivity index (χ3n) is 2.88. The predicted octanol–water partition coefficient (Wildman–Crippen LogP) is 2.64. The van der Waals surface area contributed by atoms with Crippen LogP contribution in [-0.4, -0.2) is 10.2 Å². The number of aryl methyl sites for hydroxylation is 1. The van der Waals surface area contributed by atoms with Crippen LogP contribution < -0.4 is 0 Å². The van der Waals surface area contributed by atoms with Crippen molar-refractivity contribution in [3.05, 3.63) is 27.8 Å². The molecular formula is C11H13ClO2. The number of phenols is 1. The Morgan fingerprint density at radius 1 is 1.36 bits per heavy atom. The highest BCUT2D eigenvalue weighted by Gasteiger charge is 2.45. The van der Waals surface area contributed by atoms with E-state index in [0.29, 0.717) is 23.4 Å². The second-order valence-electron chi connectivity index (χ2n) is 4.06. The summed E-state index contributed by atoms with van der Waals surface area (Å²) >= 11 is 6.00. The molecule has 2 nitrogen and oxygen atoms in total. The van der Waals surface area contributed by atoms with Crippen LogP contribution in [0.25, 0.3) is 0 Å². The molecule has 76 valence electrons. The first-order valence-electron chi connectivity index (χ1n) is 4.67. The zero-order valence-corrected chi connectivity index (χ0v) is 9.02. The Hall–Kier alpha value is -0.730. The molecule has 1 aliphatic rings. The maximum absolute atomic E-state index is 9.99. The molecule has 0 bridgehead atoms. The fourth-order valence-corrected chi connectivity index (χ4v) is 2.06. The van der Waals surface area contributed by atoms with E-state index in [1.165, 1.54) is 0 Å². The Kier molecular flexibility index (Phi) is 2.02. The van der Waals surface area contributed by atoms with E-state index in [9.17, 15) is 10.2 Å². The molecule has 1 saturated carbocycles. The van der Waals surface area contributed by atoms with Crippen LogP contribution >= 0.6 is 11.6 Å². The molecular weight excluding hydrogens is 200 g/mol. The number of rotatable bonds is 1. The summed E-state index contributed by atoms with van der Waals surface area (Å²) in [4.78, 5) is 0. The molecule has 2 rings (SSSR count). The summed E-state index contributed by atoms with van der Waals surface area (Å²) in [6.45, 7) is 3.61. The van der Waals surface area contributed by atoms with Crippen LogP contribution in [0, 0.1) is 13.8 Å². The Labute approximate surface area is 88.1 Å². The van der Waals surface area contributed by atoms with Gasteiger partial charge < -0.3 is 10.2 Å². The molecule has 3 heteroatoms. The van der Waals surface area contributed by atoms with Crippen molar-refractivity contribution in [2.45, 2.75) is 32.3 Å². The number of phenolic OH excluding ortho intramolecular Hbond substituents is 1. The van der Waals surface area contributed by atoms with Crippen LogP contribution in [0.2, 0.25) is 5.02 Å². The lowest BCUT2D eigenvalue weighted by Crippen LogP contribution is -2.08. The van der Waals surface area contributed by atoms with Gasteiger partial charge in [-0.05, 0) is 43.9 Å². The van der Waals surface area contributed by atoms with Gasteiger partial charge in [0.25, 0.3) is 0 Å². The van der Waals surface area contributed by atoms with E-state index in [1.54, 1.807) is 13.0 Å². The lowest BCUT2D eigenvalue weighted by Gasteiger charge is -2.16. The van der Waals surface area contributed by atoms with Crippen molar-refractivity contribution < 1.29 is 10.2 Å². The van der Waals surface area contributed by atoms with E-state index in [1.807, 2.05) is 6.92 Å². The van der Waals surface area contributed by atoms with Gasteiger partial charge in [-0.3, -0.25) is 0 Å². The Balaban J connectivity index is 2.68. The molecule has 0 heterocycles. The van der Waals surface area contributed by atoms with Gasteiger partial charge in [0.2, 0.25) is 0 Å². The van der Waals surface area contributed by atoms with E-state index in [0.717, 1.165) is 11.1 Å². The minimum absolute atomic E-state index is 0.187. The molecule has 1 aliphatic carbocycles. The molecule has 0 atom stereocenters. The molecule has 14 heavy (non-hydrogen) atoms. The van der Waals surface area contributed by atoms with E-state index >= 15 is 0 Å². The van der Waals surface area contributed by atoms with E-state index in [2.05, 4.69) is 0 Å². The average molecular weight is 213 g/mol. The molecule has 0 unspecified atom stereocenters. The zero-order valence-electron chi connectivity index (χ0n) is 8.26. The van der Waals surface area contributed by atoms with Gasteiger partial charge in [-0.25, -0.2) is 0 Å². The molecule has 0 radical (unpaired) electrons. The van der Waals surface area contributed by atoms with Crippen LogP contribution in [0.1, 0.15) is 29.5 Å². The molecule has 0 aliphatic heterocycles. The van der Waals surface area contributed by atoms with Crippen molar-refractivity contribution in [1.82, 2.24) is 0 Å². The molecule has 1 aromatic rings. The van der Waals surface area contributed by atoms with Crippen molar-refractivity contribution in [1.29, 1.82) is 0 Å². The van der Waals surface area contributed by atoms with Gasteiger partial charge in [0.1, 0.15) is 5.75 Å². The summed E-state index contributed by atoms with van der Waals surface area (Å²) in [5.74, 6) is 0.187. The summed E-state index contributed by atoms with van der Waals surface area (Å²) in [5, 5.41) is 20.5. The normalized spacial score (nSPS) is 18.3. The third-order valence-corrected chi connectivity index (χ3v) is 3.27. The van der Waals surface area contributed by atoms with E-state index in [-0.39, 0.29) is 5.75 Å². The SMILES string of the molecule is Cc1cc(Cl)c(C)c(C2(O)CC2)c1O. The van der Waals surface area contributed by atoms with E-state index < -0.39 is 5.60 Å². The van der Waals surface area contributed by atoms with Crippen molar-refractivity contribution in [3.8, 4) is 5.75 Å². The Morgan fingerprint density at radius 2 is 1.93 bits per heavy atom. The number of aromatic hydroxyl groups is 1. The molecule has 2 N–H and O–H groups in total. The van der Waals surface area contributed by atoms with Crippen molar-refractivity contribution in [2.24, 2.45) is 0 Å². The van der Waals surface area contributed by atoms with Crippen molar-refractivity contribution >= 4 is 11.6 Å². The monoisotopic (exact) mass is 212 g/mol. The predicted molar refractivity (Wildman–Crippen MR) is 55.7 cm³/mol. The number of halogens is 1. The minimum Gasteiger partial charge on any atom is -0.507 e. The molecule has 1 fully saturated rings. The topological polar surface area (TPSA) is 40.5 Å². The van der Waals surface area contributed by atoms with Gasteiger partial charge in [0.05, 0.1) is 5.60 Å². The van der Waals surface area contributed by atoms with Crippen LogP contribution in [-0.2, 0) is 5.60 Å². The van der Waals surface area contributed by atoms with Gasteiger partial charge in [0.15, 0.2) is 0 Å². The molecule has 1 aromatic carbocycles. The van der Waals surface area contributed by atoms with E-state index in [4.69, 9.17) is 11.6 Å². The first kappa shape index (κ1) is 9.81. The summed E-state index contributed by atoms with van der Waals surface area (Å²) in [7, 11) is 0. The second-order valence-corrected chi connectivity index (χ2v) is 4.46. The third kappa shape index (κ3) is 1.30. The van der Waals surface area contributed by atoms with Crippen LogP contribution in [0.15, 0.2) is 6.07 Å². The summed E-state index contributed by atoms with van der Waals surface area (Å²) < 4.78 is 0. The highest BCUT2D eigenvalue weighted by Crippen LogP contribution is 2.51. The lowest BCUT2D eigenvalue weighted by molar-refractivity contribution is 0.147. The van der Waals surface area contributed by atoms with Gasteiger partial charge in [-0.2, -0.15) is 0 Å². The first-order chi connectivity index (χ1) is 6.46. The summed E-state index contributed by atoms with van der Waals surface area (Å²) in [6, 6.07) is 1.72. The Bertz CT molecular complexity index is 369. The number of hydrogen-bond acceptors (Lipinski definition) is 2. The fourth-order valence-electron chi connectivity index (χ4n) is 1.80.